The highest BCUT2D eigenvalue weighted by Crippen LogP contribution is 2.12. The van der Waals surface area contributed by atoms with Crippen LogP contribution in [-0.4, -0.2) is 62.0 Å². The molecular weight excluding hydrogens is 296 g/mol. The fourth-order valence-electron chi connectivity index (χ4n) is 2.41. The average molecular weight is 327 g/mol. The van der Waals surface area contributed by atoms with Gasteiger partial charge in [0.05, 0.1) is 19.4 Å². The summed E-state index contributed by atoms with van der Waals surface area (Å²) in [7, 11) is -1.04. The minimum atomic E-state index is -1.04. The summed E-state index contributed by atoms with van der Waals surface area (Å²) in [6.07, 6.45) is 2.82. The Hall–Kier alpha value is -0.893. The molecule has 0 bridgehead atoms. The van der Waals surface area contributed by atoms with E-state index in [0.29, 0.717) is 12.7 Å². The number of imidazole rings is 1. The van der Waals surface area contributed by atoms with Crippen LogP contribution in [0.1, 0.15) is 5.69 Å². The van der Waals surface area contributed by atoms with Crippen LogP contribution in [0.2, 0.25) is 25.7 Å². The van der Waals surface area contributed by atoms with Crippen molar-refractivity contribution < 1.29 is 9.47 Å². The molecule has 1 aromatic rings. The maximum atomic E-state index is 5.97. The number of hydrogen-bond acceptors (Lipinski definition) is 5. The number of nitrogens with zero attached hydrogens (tertiary/aromatic N) is 3. The molecular formula is C15H30N4O2Si. The van der Waals surface area contributed by atoms with Gasteiger partial charge in [0.25, 0.3) is 0 Å². The fraction of sp³-hybridized carbons (Fsp3) is 0.800. The Morgan fingerprint density at radius 2 is 2.05 bits per heavy atom. The largest absolute Gasteiger partial charge is 0.379 e. The first-order valence-electron chi connectivity index (χ1n) is 8.13. The number of nitrogens with two attached hydrogens (primary N) is 1. The highest BCUT2D eigenvalue weighted by atomic mass is 28.3. The molecule has 0 radical (unpaired) electrons. The summed E-state index contributed by atoms with van der Waals surface area (Å²) in [6, 6.07) is 1.17. The van der Waals surface area contributed by atoms with Gasteiger partial charge >= 0.3 is 0 Å². The third-order valence-corrected chi connectivity index (χ3v) is 5.68. The second kappa shape index (κ2) is 8.10. The molecule has 126 valence electrons. The van der Waals surface area contributed by atoms with Gasteiger partial charge in [0.2, 0.25) is 5.95 Å². The van der Waals surface area contributed by atoms with Gasteiger partial charge in [-0.05, 0) is 6.04 Å². The van der Waals surface area contributed by atoms with Crippen molar-refractivity contribution in [1.82, 2.24) is 14.5 Å². The van der Waals surface area contributed by atoms with Crippen LogP contribution < -0.4 is 5.73 Å². The Morgan fingerprint density at radius 1 is 1.32 bits per heavy atom. The SMILES string of the molecule is C[Si](C)(C)CCOCn1c(CCN2CCOCC2)cnc1N. The molecule has 0 amide bonds. The first-order valence-corrected chi connectivity index (χ1v) is 11.8. The van der Waals surface area contributed by atoms with Crippen molar-refractivity contribution >= 4 is 14.0 Å². The molecule has 6 nitrogen and oxygen atoms in total. The van der Waals surface area contributed by atoms with Crippen LogP contribution in [-0.2, 0) is 22.6 Å². The van der Waals surface area contributed by atoms with Crippen LogP contribution >= 0.6 is 0 Å². The lowest BCUT2D eigenvalue weighted by Crippen LogP contribution is -2.37. The third kappa shape index (κ3) is 5.72. The average Bonchev–Trinajstić information content (AvgIpc) is 2.82. The maximum absolute atomic E-state index is 5.97. The van der Waals surface area contributed by atoms with E-state index in [2.05, 4.69) is 29.5 Å². The van der Waals surface area contributed by atoms with Crippen molar-refractivity contribution in [2.45, 2.75) is 38.8 Å². The second-order valence-electron chi connectivity index (χ2n) is 7.09. The van der Waals surface area contributed by atoms with Gasteiger partial charge in [-0.2, -0.15) is 0 Å². The lowest BCUT2D eigenvalue weighted by Gasteiger charge is -2.26. The van der Waals surface area contributed by atoms with E-state index in [1.807, 2.05) is 10.8 Å². The smallest absolute Gasteiger partial charge is 0.202 e. The van der Waals surface area contributed by atoms with E-state index in [4.69, 9.17) is 15.2 Å². The molecule has 1 aliphatic rings. The van der Waals surface area contributed by atoms with Gasteiger partial charge < -0.3 is 15.2 Å². The molecule has 7 heteroatoms. The molecule has 0 unspecified atom stereocenters. The first kappa shape index (κ1) is 17.5. The normalized spacial score (nSPS) is 17.0. The quantitative estimate of drug-likeness (QED) is 0.581. The number of anilines is 1. The fourth-order valence-corrected chi connectivity index (χ4v) is 3.16. The molecule has 22 heavy (non-hydrogen) atoms. The molecule has 0 saturated carbocycles. The standard InChI is InChI=1S/C15H30N4O2Si/c1-22(2,3)11-10-21-13-19-14(12-17-15(19)16)4-5-18-6-8-20-9-7-18/h12H,4-11,13H2,1-3H3,(H2,16,17). The number of aromatic nitrogens is 2. The number of nitrogen functional groups attached to an aromatic ring is 1. The van der Waals surface area contributed by atoms with Crippen molar-refractivity contribution in [2.24, 2.45) is 0 Å². The Labute approximate surface area is 134 Å². The molecule has 1 fully saturated rings. The number of ether oxygens (including phenoxy) is 2. The Morgan fingerprint density at radius 3 is 2.73 bits per heavy atom. The van der Waals surface area contributed by atoms with Crippen LogP contribution in [0.25, 0.3) is 0 Å². The number of hydrogen-bond donors (Lipinski definition) is 1. The second-order valence-corrected chi connectivity index (χ2v) is 12.7. The minimum absolute atomic E-state index is 0.509. The van der Waals surface area contributed by atoms with Gasteiger partial charge in [0, 0.05) is 46.4 Å². The zero-order valence-corrected chi connectivity index (χ0v) is 15.2. The lowest BCUT2D eigenvalue weighted by molar-refractivity contribution is 0.0378. The van der Waals surface area contributed by atoms with Gasteiger partial charge in [-0.3, -0.25) is 9.47 Å². The van der Waals surface area contributed by atoms with E-state index in [1.54, 1.807) is 0 Å². The van der Waals surface area contributed by atoms with Crippen LogP contribution in [0.5, 0.6) is 0 Å². The molecule has 2 rings (SSSR count). The molecule has 1 aliphatic heterocycles. The summed E-state index contributed by atoms with van der Waals surface area (Å²) in [5.74, 6) is 0.546. The Balaban J connectivity index is 1.79. The monoisotopic (exact) mass is 326 g/mol. The van der Waals surface area contributed by atoms with E-state index in [9.17, 15) is 0 Å². The summed E-state index contributed by atoms with van der Waals surface area (Å²) in [4.78, 5) is 6.65. The van der Waals surface area contributed by atoms with E-state index >= 15 is 0 Å². The molecule has 0 aliphatic carbocycles. The first-order chi connectivity index (χ1) is 10.5. The van der Waals surface area contributed by atoms with Gasteiger partial charge in [-0.25, -0.2) is 4.98 Å². The Bertz CT molecular complexity index is 453. The summed E-state index contributed by atoms with van der Waals surface area (Å²) < 4.78 is 13.2. The maximum Gasteiger partial charge on any atom is 0.202 e. The topological polar surface area (TPSA) is 65.5 Å². The highest BCUT2D eigenvalue weighted by molar-refractivity contribution is 6.76. The molecule has 0 atom stereocenters. The highest BCUT2D eigenvalue weighted by Gasteiger charge is 2.14. The van der Waals surface area contributed by atoms with E-state index in [0.717, 1.165) is 51.6 Å². The predicted octanol–water partition coefficient (Wildman–Crippen LogP) is 1.65. The van der Waals surface area contributed by atoms with Crippen LogP contribution in [0.4, 0.5) is 5.95 Å². The van der Waals surface area contributed by atoms with Gasteiger partial charge in [-0.1, -0.05) is 19.6 Å². The van der Waals surface area contributed by atoms with Gasteiger partial charge in [-0.15, -0.1) is 0 Å². The van der Waals surface area contributed by atoms with E-state index in [1.165, 1.54) is 6.04 Å². The number of morpholine rings is 1. The predicted molar refractivity (Wildman–Crippen MR) is 91.7 cm³/mol. The lowest BCUT2D eigenvalue weighted by atomic mass is 10.3. The van der Waals surface area contributed by atoms with Crippen molar-refractivity contribution in [3.8, 4) is 0 Å². The van der Waals surface area contributed by atoms with E-state index in [-0.39, 0.29) is 0 Å². The Kier molecular flexibility index (Phi) is 6.43. The molecule has 1 saturated heterocycles. The molecule has 0 aromatic carbocycles. The molecule has 2 heterocycles. The summed E-state index contributed by atoms with van der Waals surface area (Å²) >= 11 is 0. The van der Waals surface area contributed by atoms with Crippen LogP contribution in [0, 0.1) is 0 Å². The van der Waals surface area contributed by atoms with Crippen LogP contribution in [0.15, 0.2) is 6.20 Å². The van der Waals surface area contributed by atoms with Crippen LogP contribution in [0.3, 0.4) is 0 Å². The third-order valence-electron chi connectivity index (χ3n) is 3.97. The van der Waals surface area contributed by atoms with Gasteiger partial charge in [0.1, 0.15) is 6.73 Å². The van der Waals surface area contributed by atoms with Crippen molar-refractivity contribution in [3.05, 3.63) is 11.9 Å². The molecule has 0 spiro atoms. The summed E-state index contributed by atoms with van der Waals surface area (Å²) in [6.45, 7) is 13.1. The zero-order valence-electron chi connectivity index (χ0n) is 14.2. The number of rotatable bonds is 8. The van der Waals surface area contributed by atoms with Gasteiger partial charge in [0.15, 0.2) is 0 Å². The zero-order chi connectivity index (χ0) is 16.0. The van der Waals surface area contributed by atoms with Crippen molar-refractivity contribution in [1.29, 1.82) is 0 Å². The molecule has 2 N–H and O–H groups in total. The molecule has 1 aromatic heterocycles. The summed E-state index contributed by atoms with van der Waals surface area (Å²) in [5.41, 5.74) is 7.12. The van der Waals surface area contributed by atoms with E-state index < -0.39 is 8.07 Å². The minimum Gasteiger partial charge on any atom is -0.379 e. The summed E-state index contributed by atoms with van der Waals surface area (Å²) in [5, 5.41) is 0. The van der Waals surface area contributed by atoms with Crippen molar-refractivity contribution in [3.63, 3.8) is 0 Å². The van der Waals surface area contributed by atoms with Crippen molar-refractivity contribution in [2.75, 3.05) is 45.2 Å².